The summed E-state index contributed by atoms with van der Waals surface area (Å²) in [6, 6.07) is 21.9. The van der Waals surface area contributed by atoms with Gasteiger partial charge in [0, 0.05) is 19.1 Å². The maximum atomic E-state index is 5.41. The van der Waals surface area contributed by atoms with Gasteiger partial charge < -0.3 is 10.1 Å². The van der Waals surface area contributed by atoms with Gasteiger partial charge >= 0.3 is 0 Å². The number of morpholine rings is 1. The van der Waals surface area contributed by atoms with E-state index in [2.05, 4.69) is 70.9 Å². The molecule has 3 heteroatoms. The fraction of sp³-hybridized carbons (Fsp3) is 0.429. The molecule has 2 aromatic carbocycles. The van der Waals surface area contributed by atoms with Crippen LogP contribution in [0.1, 0.15) is 23.6 Å². The van der Waals surface area contributed by atoms with Crippen LogP contribution in [-0.4, -0.2) is 44.3 Å². The summed E-state index contributed by atoms with van der Waals surface area (Å²) in [4.78, 5) is 2.50. The van der Waals surface area contributed by atoms with Crippen LogP contribution in [0.3, 0.4) is 0 Å². The lowest BCUT2D eigenvalue weighted by Crippen LogP contribution is -2.38. The second-order valence-electron chi connectivity index (χ2n) is 6.41. The van der Waals surface area contributed by atoms with Crippen LogP contribution in [0, 0.1) is 0 Å². The average molecular weight is 324 g/mol. The topological polar surface area (TPSA) is 24.5 Å². The van der Waals surface area contributed by atoms with Gasteiger partial charge in [-0.1, -0.05) is 60.7 Å². The first-order chi connectivity index (χ1) is 11.9. The molecule has 0 radical (unpaired) electrons. The van der Waals surface area contributed by atoms with Gasteiger partial charge in [-0.2, -0.15) is 0 Å². The van der Waals surface area contributed by atoms with Crippen molar-refractivity contribution in [2.24, 2.45) is 0 Å². The van der Waals surface area contributed by atoms with Crippen LogP contribution < -0.4 is 5.32 Å². The van der Waals surface area contributed by atoms with Crippen molar-refractivity contribution >= 4 is 0 Å². The van der Waals surface area contributed by atoms with Crippen LogP contribution in [-0.2, 0) is 11.2 Å². The first kappa shape index (κ1) is 17.2. The summed E-state index contributed by atoms with van der Waals surface area (Å²) in [6.45, 7) is 6.12. The number of hydrogen-bond donors (Lipinski definition) is 1. The van der Waals surface area contributed by atoms with Gasteiger partial charge in [-0.3, -0.25) is 4.90 Å². The van der Waals surface area contributed by atoms with E-state index in [1.807, 2.05) is 0 Å². The lowest BCUT2D eigenvalue weighted by molar-refractivity contribution is 0.0374. The van der Waals surface area contributed by atoms with Gasteiger partial charge in [-0.15, -0.1) is 0 Å². The van der Waals surface area contributed by atoms with Gasteiger partial charge in [0.05, 0.1) is 13.2 Å². The molecule has 1 fully saturated rings. The molecule has 0 amide bonds. The van der Waals surface area contributed by atoms with E-state index in [0.29, 0.717) is 6.04 Å². The lowest BCUT2D eigenvalue weighted by atomic mass is 9.99. The summed E-state index contributed by atoms with van der Waals surface area (Å²) >= 11 is 0. The molecule has 1 N–H and O–H groups in total. The van der Waals surface area contributed by atoms with Gasteiger partial charge in [0.15, 0.2) is 0 Å². The molecule has 0 aromatic heterocycles. The van der Waals surface area contributed by atoms with E-state index >= 15 is 0 Å². The quantitative estimate of drug-likeness (QED) is 0.754. The van der Waals surface area contributed by atoms with E-state index < -0.39 is 0 Å². The van der Waals surface area contributed by atoms with Crippen molar-refractivity contribution in [1.82, 2.24) is 10.2 Å². The molecule has 0 aliphatic carbocycles. The summed E-state index contributed by atoms with van der Waals surface area (Å²) in [5.41, 5.74) is 2.75. The van der Waals surface area contributed by atoms with Gasteiger partial charge in [0.1, 0.15) is 0 Å². The minimum Gasteiger partial charge on any atom is -0.379 e. The van der Waals surface area contributed by atoms with E-state index in [1.165, 1.54) is 17.5 Å². The SMILES string of the molecule is c1ccc(CC(NCCCN2CCOCC2)c2ccccc2)cc1. The molecule has 2 aromatic rings. The first-order valence-electron chi connectivity index (χ1n) is 9.04. The van der Waals surface area contributed by atoms with E-state index in [0.717, 1.165) is 45.8 Å². The van der Waals surface area contributed by atoms with Crippen LogP contribution in [0.5, 0.6) is 0 Å². The molecular weight excluding hydrogens is 296 g/mol. The molecule has 1 atom stereocenters. The van der Waals surface area contributed by atoms with E-state index in [9.17, 15) is 0 Å². The Kier molecular flexibility index (Phi) is 6.84. The van der Waals surface area contributed by atoms with Crippen LogP contribution >= 0.6 is 0 Å². The second-order valence-corrected chi connectivity index (χ2v) is 6.41. The van der Waals surface area contributed by atoms with Gasteiger partial charge in [-0.25, -0.2) is 0 Å². The molecule has 0 saturated carbocycles. The Morgan fingerprint density at radius 3 is 2.29 bits per heavy atom. The third-order valence-corrected chi connectivity index (χ3v) is 4.63. The summed E-state index contributed by atoms with van der Waals surface area (Å²) in [5, 5.41) is 3.77. The molecule has 0 spiro atoms. The molecule has 0 bridgehead atoms. The Morgan fingerprint density at radius 2 is 1.58 bits per heavy atom. The molecular formula is C21H28N2O. The van der Waals surface area contributed by atoms with Gasteiger partial charge in [-0.05, 0) is 37.1 Å². The zero-order chi connectivity index (χ0) is 16.5. The Balaban J connectivity index is 1.52. The fourth-order valence-electron chi connectivity index (χ4n) is 3.25. The molecule has 3 nitrogen and oxygen atoms in total. The number of hydrogen-bond acceptors (Lipinski definition) is 3. The van der Waals surface area contributed by atoms with E-state index in [4.69, 9.17) is 4.74 Å². The van der Waals surface area contributed by atoms with Crippen LogP contribution in [0.4, 0.5) is 0 Å². The molecule has 128 valence electrons. The minimum absolute atomic E-state index is 0.373. The Labute approximate surface area is 145 Å². The zero-order valence-corrected chi connectivity index (χ0v) is 14.4. The average Bonchev–Trinajstić information content (AvgIpc) is 2.66. The van der Waals surface area contributed by atoms with Crippen molar-refractivity contribution < 1.29 is 4.74 Å². The zero-order valence-electron chi connectivity index (χ0n) is 14.4. The van der Waals surface area contributed by atoms with Gasteiger partial charge in [0.25, 0.3) is 0 Å². The number of nitrogens with zero attached hydrogens (tertiary/aromatic N) is 1. The molecule has 1 saturated heterocycles. The number of nitrogens with one attached hydrogen (secondary N) is 1. The summed E-state index contributed by atoms with van der Waals surface area (Å²) < 4.78 is 5.41. The highest BCUT2D eigenvalue weighted by atomic mass is 16.5. The predicted octanol–water partition coefficient (Wildman–Crippen LogP) is 3.28. The minimum atomic E-state index is 0.373. The van der Waals surface area contributed by atoms with Crippen molar-refractivity contribution in [1.29, 1.82) is 0 Å². The molecule has 1 unspecified atom stereocenters. The van der Waals surface area contributed by atoms with Crippen molar-refractivity contribution in [3.05, 3.63) is 71.8 Å². The van der Waals surface area contributed by atoms with E-state index in [1.54, 1.807) is 0 Å². The number of benzene rings is 2. The third-order valence-electron chi connectivity index (χ3n) is 4.63. The van der Waals surface area contributed by atoms with Crippen LogP contribution in [0.25, 0.3) is 0 Å². The monoisotopic (exact) mass is 324 g/mol. The molecule has 1 heterocycles. The highest BCUT2D eigenvalue weighted by Crippen LogP contribution is 2.18. The van der Waals surface area contributed by atoms with Crippen molar-refractivity contribution in [2.75, 3.05) is 39.4 Å². The first-order valence-corrected chi connectivity index (χ1v) is 9.04. The normalized spacial score (nSPS) is 16.8. The second kappa shape index (κ2) is 9.58. The smallest absolute Gasteiger partial charge is 0.0594 e. The molecule has 1 aliphatic rings. The Morgan fingerprint density at radius 1 is 0.917 bits per heavy atom. The van der Waals surface area contributed by atoms with Crippen molar-refractivity contribution in [3.63, 3.8) is 0 Å². The summed E-state index contributed by atoms with van der Waals surface area (Å²) in [5.74, 6) is 0. The highest BCUT2D eigenvalue weighted by molar-refractivity contribution is 5.23. The third kappa shape index (κ3) is 5.45. The van der Waals surface area contributed by atoms with Crippen molar-refractivity contribution in [2.45, 2.75) is 18.9 Å². The van der Waals surface area contributed by atoms with E-state index in [-0.39, 0.29) is 0 Å². The number of ether oxygens (including phenoxy) is 1. The Bertz CT molecular complexity index is 567. The van der Waals surface area contributed by atoms with Crippen LogP contribution in [0.15, 0.2) is 60.7 Å². The maximum Gasteiger partial charge on any atom is 0.0594 e. The standard InChI is InChI=1S/C21H28N2O/c1-3-8-19(9-4-1)18-21(20-10-5-2-6-11-20)22-12-7-13-23-14-16-24-17-15-23/h1-6,8-11,21-22H,7,12-18H2. The van der Waals surface area contributed by atoms with Crippen LogP contribution in [0.2, 0.25) is 0 Å². The fourth-order valence-corrected chi connectivity index (χ4v) is 3.25. The highest BCUT2D eigenvalue weighted by Gasteiger charge is 2.13. The maximum absolute atomic E-state index is 5.41. The molecule has 24 heavy (non-hydrogen) atoms. The van der Waals surface area contributed by atoms with Gasteiger partial charge in [0.2, 0.25) is 0 Å². The summed E-state index contributed by atoms with van der Waals surface area (Å²) in [6.07, 6.45) is 2.21. The summed E-state index contributed by atoms with van der Waals surface area (Å²) in [7, 11) is 0. The number of rotatable bonds is 8. The largest absolute Gasteiger partial charge is 0.379 e. The Hall–Kier alpha value is -1.68. The predicted molar refractivity (Wildman–Crippen MR) is 99.2 cm³/mol. The molecule has 1 aliphatic heterocycles. The molecule has 3 rings (SSSR count). The van der Waals surface area contributed by atoms with Crippen molar-refractivity contribution in [3.8, 4) is 0 Å². The lowest BCUT2D eigenvalue weighted by Gasteiger charge is -2.27.